The third-order valence-electron chi connectivity index (χ3n) is 5.78. The summed E-state index contributed by atoms with van der Waals surface area (Å²) in [7, 11) is 0. The number of carbonyl (C=O) groups is 1. The zero-order valence-electron chi connectivity index (χ0n) is 18.7. The van der Waals surface area contributed by atoms with Crippen molar-refractivity contribution >= 4 is 16.8 Å². The highest BCUT2D eigenvalue weighted by molar-refractivity contribution is 6.03. The van der Waals surface area contributed by atoms with Crippen LogP contribution in [-0.2, 0) is 0 Å². The molecule has 0 amide bonds. The summed E-state index contributed by atoms with van der Waals surface area (Å²) in [6, 6.07) is 34.7. The van der Waals surface area contributed by atoms with E-state index in [-0.39, 0.29) is 11.2 Å². The van der Waals surface area contributed by atoms with E-state index in [1.807, 2.05) is 84.9 Å². The van der Waals surface area contributed by atoms with Gasteiger partial charge in [0.15, 0.2) is 23.4 Å². The van der Waals surface area contributed by atoms with Crippen molar-refractivity contribution in [3.8, 4) is 17.1 Å². The molecule has 1 N–H and O–H groups in total. The van der Waals surface area contributed by atoms with Crippen molar-refractivity contribution < 1.29 is 19.1 Å². The van der Waals surface area contributed by atoms with Crippen LogP contribution >= 0.6 is 0 Å². The topological polar surface area (TPSA) is 76.7 Å². The summed E-state index contributed by atoms with van der Waals surface area (Å²) in [6.07, 6.45) is -1.78. The van der Waals surface area contributed by atoms with Crippen molar-refractivity contribution in [2.75, 3.05) is 0 Å². The lowest BCUT2D eigenvalue weighted by Gasteiger charge is -2.29. The number of ketones is 1. The second-order valence-electron chi connectivity index (χ2n) is 8.09. The van der Waals surface area contributed by atoms with Crippen molar-refractivity contribution in [1.82, 2.24) is 0 Å². The van der Waals surface area contributed by atoms with E-state index in [0.29, 0.717) is 28.0 Å². The van der Waals surface area contributed by atoms with Gasteiger partial charge in [-0.15, -0.1) is 0 Å². The normalized spacial score (nSPS) is 16.5. The Kier molecular flexibility index (Phi) is 6.24. The third kappa shape index (κ3) is 4.63. The molecule has 172 valence electrons. The molecule has 1 aliphatic heterocycles. The van der Waals surface area contributed by atoms with Gasteiger partial charge in [0, 0.05) is 11.6 Å². The lowest BCUT2D eigenvalue weighted by atomic mass is 9.94. The highest BCUT2D eigenvalue weighted by Crippen LogP contribution is 2.34. The van der Waals surface area contributed by atoms with Crippen LogP contribution in [0.3, 0.4) is 0 Å². The predicted molar refractivity (Wildman–Crippen MR) is 135 cm³/mol. The molecule has 0 saturated heterocycles. The number of fused-ring (bicyclic) bond motifs is 2. The first-order valence-electron chi connectivity index (χ1n) is 11.2. The number of aliphatic hydroxyl groups excluding tert-OH is 1. The summed E-state index contributed by atoms with van der Waals surface area (Å²) < 4.78 is 11.5. The van der Waals surface area contributed by atoms with Gasteiger partial charge < -0.3 is 14.3 Å². The number of ether oxygens (including phenoxy) is 1. The molecule has 2 heterocycles. The van der Waals surface area contributed by atoms with Gasteiger partial charge in [0.25, 0.3) is 0 Å². The maximum absolute atomic E-state index is 12.1. The van der Waals surface area contributed by atoms with Gasteiger partial charge in [0.05, 0.1) is 10.9 Å². The molecule has 0 radical (unpaired) electrons. The van der Waals surface area contributed by atoms with E-state index in [4.69, 9.17) is 9.15 Å². The van der Waals surface area contributed by atoms with E-state index in [1.54, 1.807) is 24.3 Å². The minimum atomic E-state index is -1.15. The van der Waals surface area contributed by atoms with E-state index in [2.05, 4.69) is 0 Å². The summed E-state index contributed by atoms with van der Waals surface area (Å²) in [5, 5.41) is 10.7. The average molecular weight is 463 g/mol. The second kappa shape index (κ2) is 9.79. The van der Waals surface area contributed by atoms with E-state index < -0.39 is 12.2 Å². The molecule has 0 aliphatic carbocycles. The second-order valence-corrected chi connectivity index (χ2v) is 8.09. The Hall–Kier alpha value is -4.48. The molecule has 2 unspecified atom stereocenters. The van der Waals surface area contributed by atoms with E-state index >= 15 is 0 Å². The maximum atomic E-state index is 12.1. The van der Waals surface area contributed by atoms with Gasteiger partial charge in [0.1, 0.15) is 17.1 Å². The van der Waals surface area contributed by atoms with Crippen LogP contribution in [0.15, 0.2) is 124 Å². The fraction of sp³-hybridized carbons (Fsp3) is 0.0667. The summed E-state index contributed by atoms with van der Waals surface area (Å²) in [4.78, 5) is 24.0. The average Bonchev–Trinajstić information content (AvgIpc) is 2.92. The Morgan fingerprint density at radius 2 is 1.31 bits per heavy atom. The van der Waals surface area contributed by atoms with Gasteiger partial charge in [-0.1, -0.05) is 84.9 Å². The zero-order chi connectivity index (χ0) is 24.2. The molecule has 4 aromatic carbocycles. The quantitative estimate of drug-likeness (QED) is 0.358. The number of Topliss-reactive ketones (excluding diaryl/α,β-unsaturated/α-hetero) is 1. The fourth-order valence-corrected chi connectivity index (χ4v) is 4.01. The highest BCUT2D eigenvalue weighted by Gasteiger charge is 2.36. The van der Waals surface area contributed by atoms with Crippen LogP contribution in [0, 0.1) is 0 Å². The van der Waals surface area contributed by atoms with Crippen molar-refractivity contribution in [2.45, 2.75) is 12.2 Å². The molecule has 35 heavy (non-hydrogen) atoms. The molecule has 5 aromatic rings. The van der Waals surface area contributed by atoms with Gasteiger partial charge in [-0.2, -0.15) is 0 Å². The Balaban J connectivity index is 0.000000145. The third-order valence-corrected chi connectivity index (χ3v) is 5.78. The van der Waals surface area contributed by atoms with E-state index in [9.17, 15) is 14.7 Å². The van der Waals surface area contributed by atoms with Crippen LogP contribution in [0.4, 0.5) is 0 Å². The van der Waals surface area contributed by atoms with Crippen molar-refractivity contribution in [1.29, 1.82) is 0 Å². The lowest BCUT2D eigenvalue weighted by Crippen LogP contribution is -2.36. The van der Waals surface area contributed by atoms with Gasteiger partial charge in [-0.3, -0.25) is 9.59 Å². The fourth-order valence-electron chi connectivity index (χ4n) is 4.01. The standard InChI is InChI=1S/C15H12O3.C15H10O2/c16-13-11-8-4-5-9-12(11)18-15(14(13)17)10-6-2-1-3-7-10;16-13-10-15(11-6-2-1-3-7-11)17-14-9-5-4-8-12(13)14/h1-9,14-15,17H;1-10H. The summed E-state index contributed by atoms with van der Waals surface area (Å²) >= 11 is 0. The maximum Gasteiger partial charge on any atom is 0.199 e. The highest BCUT2D eigenvalue weighted by atomic mass is 16.5. The number of rotatable bonds is 2. The van der Waals surface area contributed by atoms with Gasteiger partial charge in [-0.25, -0.2) is 0 Å². The van der Waals surface area contributed by atoms with Crippen LogP contribution < -0.4 is 10.2 Å². The SMILES string of the molecule is O=C1c2ccccc2OC(c2ccccc2)C1O.O=c1cc(-c2ccccc2)oc2ccccc12. The summed E-state index contributed by atoms with van der Waals surface area (Å²) in [5.74, 6) is 0.849. The molecule has 1 aromatic heterocycles. The molecule has 0 saturated carbocycles. The summed E-state index contributed by atoms with van der Waals surface area (Å²) in [6.45, 7) is 0. The van der Waals surface area contributed by atoms with Crippen LogP contribution in [0.1, 0.15) is 22.0 Å². The molecule has 0 fully saturated rings. The molecule has 2 atom stereocenters. The molecule has 5 heteroatoms. The first-order valence-corrected chi connectivity index (χ1v) is 11.2. The molecule has 5 nitrogen and oxygen atoms in total. The largest absolute Gasteiger partial charge is 0.482 e. The van der Waals surface area contributed by atoms with Crippen LogP contribution in [0.5, 0.6) is 5.75 Å². The Bertz CT molecular complexity index is 1520. The first-order chi connectivity index (χ1) is 17.1. The van der Waals surface area contributed by atoms with Crippen LogP contribution in [0.2, 0.25) is 0 Å². The Morgan fingerprint density at radius 1 is 0.686 bits per heavy atom. The van der Waals surface area contributed by atoms with Gasteiger partial charge in [0.2, 0.25) is 0 Å². The Labute approximate surface area is 201 Å². The number of hydrogen-bond donors (Lipinski definition) is 1. The van der Waals surface area contributed by atoms with Crippen molar-refractivity contribution in [3.05, 3.63) is 137 Å². The Morgan fingerprint density at radius 3 is 2.09 bits per heavy atom. The first kappa shape index (κ1) is 22.3. The minimum absolute atomic E-state index is 0.00861. The molecular formula is C30H22O5. The predicted octanol–water partition coefficient (Wildman–Crippen LogP) is 5.82. The minimum Gasteiger partial charge on any atom is -0.482 e. The van der Waals surface area contributed by atoms with Gasteiger partial charge in [-0.05, 0) is 29.8 Å². The van der Waals surface area contributed by atoms with Crippen molar-refractivity contribution in [2.24, 2.45) is 0 Å². The lowest BCUT2D eigenvalue weighted by molar-refractivity contribution is 0.0216. The molecule has 6 rings (SSSR count). The van der Waals surface area contributed by atoms with E-state index in [0.717, 1.165) is 11.1 Å². The number of hydrogen-bond acceptors (Lipinski definition) is 5. The monoisotopic (exact) mass is 462 g/mol. The zero-order valence-corrected chi connectivity index (χ0v) is 18.7. The van der Waals surface area contributed by atoms with Crippen molar-refractivity contribution in [3.63, 3.8) is 0 Å². The van der Waals surface area contributed by atoms with Gasteiger partial charge >= 0.3 is 0 Å². The molecular weight excluding hydrogens is 440 g/mol. The number of carbonyl (C=O) groups excluding carboxylic acids is 1. The van der Waals surface area contributed by atoms with E-state index in [1.165, 1.54) is 6.07 Å². The van der Waals surface area contributed by atoms with Crippen LogP contribution in [0.25, 0.3) is 22.3 Å². The number of aliphatic hydroxyl groups is 1. The number of benzene rings is 4. The molecule has 0 bridgehead atoms. The smallest absolute Gasteiger partial charge is 0.199 e. The number of para-hydroxylation sites is 2. The molecule has 0 spiro atoms. The molecule has 1 aliphatic rings. The summed E-state index contributed by atoms with van der Waals surface area (Å²) in [5.41, 5.74) is 2.77. The van der Waals surface area contributed by atoms with Crippen LogP contribution in [-0.4, -0.2) is 17.0 Å².